The zero-order valence-corrected chi connectivity index (χ0v) is 22.7. The Morgan fingerprint density at radius 1 is 1.06 bits per heavy atom. The van der Waals surface area contributed by atoms with E-state index in [1.54, 1.807) is 18.2 Å². The van der Waals surface area contributed by atoms with Gasteiger partial charge in [-0.1, -0.05) is 39.3 Å². The molecule has 0 aliphatic rings. The number of rotatable bonds is 15. The lowest BCUT2D eigenvalue weighted by Gasteiger charge is -2.25. The minimum Gasteiger partial charge on any atom is -0.460 e. The average molecular weight is 475 g/mol. The molecule has 0 saturated carbocycles. The van der Waals surface area contributed by atoms with Crippen molar-refractivity contribution in [1.82, 2.24) is 0 Å². The predicted molar refractivity (Wildman–Crippen MR) is 137 cm³/mol. The number of carbonyl (C=O) groups is 3. The largest absolute Gasteiger partial charge is 0.460 e. The summed E-state index contributed by atoms with van der Waals surface area (Å²) in [5.74, 6) is 1.18. The SMILES string of the molecule is CCC(COCCCCC(=O)OC(C)(C)C)C(C)CC(C)CC(=O)c1ccc(C(C)=O)cc1C. The van der Waals surface area contributed by atoms with Crippen LogP contribution in [0.1, 0.15) is 113 Å². The van der Waals surface area contributed by atoms with Crippen molar-refractivity contribution < 1.29 is 23.9 Å². The first kappa shape index (κ1) is 30.0. The summed E-state index contributed by atoms with van der Waals surface area (Å²) < 4.78 is 11.2. The van der Waals surface area contributed by atoms with Gasteiger partial charge in [0, 0.05) is 37.2 Å². The molecule has 0 heterocycles. The zero-order valence-electron chi connectivity index (χ0n) is 22.7. The van der Waals surface area contributed by atoms with Gasteiger partial charge in [0.15, 0.2) is 11.6 Å². The minimum atomic E-state index is -0.432. The third-order valence-corrected chi connectivity index (χ3v) is 6.24. The monoisotopic (exact) mass is 474 g/mol. The number of esters is 1. The molecule has 0 radical (unpaired) electrons. The van der Waals surface area contributed by atoms with Crippen LogP contribution in [0.15, 0.2) is 18.2 Å². The molecule has 3 unspecified atom stereocenters. The van der Waals surface area contributed by atoms with Gasteiger partial charge in [0.1, 0.15) is 5.60 Å². The number of carbonyl (C=O) groups excluding carboxylic acids is 3. The lowest BCUT2D eigenvalue weighted by atomic mass is 9.83. The fourth-order valence-electron chi connectivity index (χ4n) is 4.32. The highest BCUT2D eigenvalue weighted by Gasteiger charge is 2.21. The van der Waals surface area contributed by atoms with Crippen LogP contribution in [0, 0.1) is 24.7 Å². The first-order valence-corrected chi connectivity index (χ1v) is 12.8. The summed E-state index contributed by atoms with van der Waals surface area (Å²) in [5, 5.41) is 0. The summed E-state index contributed by atoms with van der Waals surface area (Å²) in [4.78, 5) is 36.2. The van der Waals surface area contributed by atoms with Gasteiger partial charge in [-0.2, -0.15) is 0 Å². The standard InChI is InChI=1S/C29H46O5/c1-9-24(19-33-15-11-10-12-28(32)34-29(6,7)8)21(3)16-20(2)17-27(31)26-14-13-25(23(5)30)18-22(26)4/h13-14,18,20-21,24H,9-12,15-17,19H2,1-8H3. The van der Waals surface area contributed by atoms with Crippen molar-refractivity contribution in [3.63, 3.8) is 0 Å². The minimum absolute atomic E-state index is 0.0140. The summed E-state index contributed by atoms with van der Waals surface area (Å²) in [6.45, 7) is 17.0. The predicted octanol–water partition coefficient (Wildman–Crippen LogP) is 6.99. The summed E-state index contributed by atoms with van der Waals surface area (Å²) in [7, 11) is 0. The van der Waals surface area contributed by atoms with E-state index in [0.29, 0.717) is 49.0 Å². The molecule has 0 N–H and O–H groups in total. The van der Waals surface area contributed by atoms with E-state index in [1.165, 1.54) is 6.92 Å². The van der Waals surface area contributed by atoms with Gasteiger partial charge in [-0.25, -0.2) is 0 Å². The van der Waals surface area contributed by atoms with Crippen LogP contribution in [0.5, 0.6) is 0 Å². The molecule has 0 fully saturated rings. The van der Waals surface area contributed by atoms with E-state index < -0.39 is 5.60 Å². The van der Waals surface area contributed by atoms with Crippen LogP contribution >= 0.6 is 0 Å². The Balaban J connectivity index is 2.39. The maximum absolute atomic E-state index is 12.8. The Morgan fingerprint density at radius 3 is 2.29 bits per heavy atom. The molecule has 5 heteroatoms. The normalized spacial score (nSPS) is 14.4. The Bertz CT molecular complexity index is 805. The van der Waals surface area contributed by atoms with E-state index in [0.717, 1.165) is 31.2 Å². The molecule has 1 rings (SSSR count). The number of ketones is 2. The summed E-state index contributed by atoms with van der Waals surface area (Å²) in [5.41, 5.74) is 1.79. The van der Waals surface area contributed by atoms with Gasteiger partial charge < -0.3 is 9.47 Å². The van der Waals surface area contributed by atoms with Crippen LogP contribution in [0.3, 0.4) is 0 Å². The van der Waals surface area contributed by atoms with Crippen molar-refractivity contribution >= 4 is 17.5 Å². The molecule has 0 aliphatic heterocycles. The van der Waals surface area contributed by atoms with Crippen molar-refractivity contribution in [3.8, 4) is 0 Å². The number of hydrogen-bond acceptors (Lipinski definition) is 5. The molecule has 0 spiro atoms. The Kier molecular flexibility index (Phi) is 12.7. The summed E-state index contributed by atoms with van der Waals surface area (Å²) in [6.07, 6.45) is 4.55. The number of Topliss-reactive ketones (excluding diaryl/α,β-unsaturated/α-hetero) is 2. The van der Waals surface area contributed by atoms with Crippen LogP contribution < -0.4 is 0 Å². The fraction of sp³-hybridized carbons (Fsp3) is 0.690. The number of unbranched alkanes of at least 4 members (excludes halogenated alkanes) is 1. The highest BCUT2D eigenvalue weighted by atomic mass is 16.6. The molecular weight excluding hydrogens is 428 g/mol. The third-order valence-electron chi connectivity index (χ3n) is 6.24. The molecule has 34 heavy (non-hydrogen) atoms. The van der Waals surface area contributed by atoms with Gasteiger partial charge >= 0.3 is 5.97 Å². The Morgan fingerprint density at radius 2 is 1.74 bits per heavy atom. The number of hydrogen-bond donors (Lipinski definition) is 0. The third kappa shape index (κ3) is 11.4. The summed E-state index contributed by atoms with van der Waals surface area (Å²) in [6, 6.07) is 5.34. The maximum atomic E-state index is 12.8. The smallest absolute Gasteiger partial charge is 0.306 e. The quantitative estimate of drug-likeness (QED) is 0.156. The molecule has 0 amide bonds. The maximum Gasteiger partial charge on any atom is 0.306 e. The number of benzene rings is 1. The van der Waals surface area contributed by atoms with Crippen LogP contribution in [0.25, 0.3) is 0 Å². The first-order chi connectivity index (χ1) is 15.8. The molecule has 0 aliphatic carbocycles. The van der Waals surface area contributed by atoms with Gasteiger partial charge in [0.2, 0.25) is 0 Å². The van der Waals surface area contributed by atoms with Crippen molar-refractivity contribution in [3.05, 3.63) is 34.9 Å². The second-order valence-corrected chi connectivity index (χ2v) is 10.8. The topological polar surface area (TPSA) is 69.7 Å². The average Bonchev–Trinajstić information content (AvgIpc) is 2.71. The van der Waals surface area contributed by atoms with Gasteiger partial charge in [0.25, 0.3) is 0 Å². The van der Waals surface area contributed by atoms with Crippen LogP contribution in [-0.4, -0.2) is 36.4 Å². The lowest BCUT2D eigenvalue weighted by molar-refractivity contribution is -0.155. The van der Waals surface area contributed by atoms with Gasteiger partial charge in [-0.15, -0.1) is 0 Å². The van der Waals surface area contributed by atoms with E-state index >= 15 is 0 Å². The van der Waals surface area contributed by atoms with E-state index in [1.807, 2.05) is 27.7 Å². The zero-order chi connectivity index (χ0) is 25.9. The molecule has 5 nitrogen and oxygen atoms in total. The Hall–Kier alpha value is -2.01. The summed E-state index contributed by atoms with van der Waals surface area (Å²) >= 11 is 0. The van der Waals surface area contributed by atoms with Crippen LogP contribution in [-0.2, 0) is 14.3 Å². The first-order valence-electron chi connectivity index (χ1n) is 12.8. The molecule has 0 bridgehead atoms. The molecule has 1 aromatic carbocycles. The highest BCUT2D eigenvalue weighted by molar-refractivity contribution is 6.00. The molecule has 3 atom stereocenters. The second kappa shape index (κ2) is 14.4. The van der Waals surface area contributed by atoms with Gasteiger partial charge in [-0.05, 0) is 83.3 Å². The van der Waals surface area contributed by atoms with E-state index in [9.17, 15) is 14.4 Å². The lowest BCUT2D eigenvalue weighted by Crippen LogP contribution is -2.23. The van der Waals surface area contributed by atoms with Crippen molar-refractivity contribution in [2.24, 2.45) is 17.8 Å². The molecule has 1 aromatic rings. The van der Waals surface area contributed by atoms with Crippen LogP contribution in [0.2, 0.25) is 0 Å². The van der Waals surface area contributed by atoms with Crippen LogP contribution in [0.4, 0.5) is 0 Å². The molecule has 0 aromatic heterocycles. The van der Waals surface area contributed by atoms with E-state index in [-0.39, 0.29) is 23.5 Å². The van der Waals surface area contributed by atoms with E-state index in [2.05, 4.69) is 20.8 Å². The molecular formula is C29H46O5. The van der Waals surface area contributed by atoms with Crippen molar-refractivity contribution in [2.45, 2.75) is 99.5 Å². The van der Waals surface area contributed by atoms with Gasteiger partial charge in [-0.3, -0.25) is 14.4 Å². The number of aryl methyl sites for hydroxylation is 1. The highest BCUT2D eigenvalue weighted by Crippen LogP contribution is 2.26. The van der Waals surface area contributed by atoms with Crippen molar-refractivity contribution in [1.29, 1.82) is 0 Å². The van der Waals surface area contributed by atoms with Crippen molar-refractivity contribution in [2.75, 3.05) is 13.2 Å². The van der Waals surface area contributed by atoms with Gasteiger partial charge in [0.05, 0.1) is 0 Å². The number of ether oxygens (including phenoxy) is 2. The van der Waals surface area contributed by atoms with E-state index in [4.69, 9.17) is 9.47 Å². The molecule has 0 saturated heterocycles. The molecule has 192 valence electrons. The fourth-order valence-corrected chi connectivity index (χ4v) is 4.32. The second-order valence-electron chi connectivity index (χ2n) is 10.8. The Labute approximate surface area is 207 Å².